The van der Waals surface area contributed by atoms with Gasteiger partial charge in [-0.15, -0.1) is 0 Å². The Morgan fingerprint density at radius 2 is 2.29 bits per heavy atom. The highest BCUT2D eigenvalue weighted by molar-refractivity contribution is 8.00. The van der Waals surface area contributed by atoms with Crippen LogP contribution in [0.1, 0.15) is 5.56 Å². The fourth-order valence-corrected chi connectivity index (χ4v) is 2.26. The molecule has 2 aromatic rings. The first-order chi connectivity index (χ1) is 6.75. The van der Waals surface area contributed by atoms with E-state index in [1.807, 2.05) is 13.0 Å². The molecule has 0 amide bonds. The van der Waals surface area contributed by atoms with Gasteiger partial charge in [0, 0.05) is 11.9 Å². The monoisotopic (exact) mass is 224 g/mol. The first-order valence-electron chi connectivity index (χ1n) is 3.92. The third-order valence-electron chi connectivity index (χ3n) is 1.65. The maximum absolute atomic E-state index is 5.76. The molecule has 0 radical (unpaired) electrons. The average molecular weight is 224 g/mol. The summed E-state index contributed by atoms with van der Waals surface area (Å²) >= 11 is 2.82. The molecule has 0 aliphatic heterocycles. The van der Waals surface area contributed by atoms with E-state index in [0.29, 0.717) is 0 Å². The van der Waals surface area contributed by atoms with Crippen molar-refractivity contribution in [2.24, 2.45) is 0 Å². The van der Waals surface area contributed by atoms with Crippen LogP contribution in [0.3, 0.4) is 0 Å². The molecule has 72 valence electrons. The number of hydrogen-bond acceptors (Lipinski definition) is 6. The first-order valence-corrected chi connectivity index (χ1v) is 5.51. The molecule has 0 aliphatic rings. The Bertz CT molecular complexity index is 427. The van der Waals surface area contributed by atoms with Crippen LogP contribution in [-0.2, 0) is 0 Å². The number of nitrogens with zero attached hydrogens (tertiary/aromatic N) is 3. The van der Waals surface area contributed by atoms with Crippen molar-refractivity contribution in [3.8, 4) is 0 Å². The van der Waals surface area contributed by atoms with Gasteiger partial charge in [-0.3, -0.25) is 0 Å². The first kappa shape index (κ1) is 9.42. The lowest BCUT2D eigenvalue weighted by molar-refractivity contribution is 1.10. The summed E-state index contributed by atoms with van der Waals surface area (Å²) in [5.74, 6) is 0. The second kappa shape index (κ2) is 3.93. The summed E-state index contributed by atoms with van der Waals surface area (Å²) in [5, 5.41) is 0.852. The van der Waals surface area contributed by atoms with Crippen molar-refractivity contribution in [3.63, 3.8) is 0 Å². The van der Waals surface area contributed by atoms with E-state index in [-0.39, 0.29) is 0 Å². The minimum Gasteiger partial charge on any atom is -0.398 e. The van der Waals surface area contributed by atoms with Crippen LogP contribution in [0.5, 0.6) is 0 Å². The van der Waals surface area contributed by atoms with E-state index in [1.54, 1.807) is 6.20 Å². The number of hydrogen-bond donors (Lipinski definition) is 1. The Labute approximate surface area is 89.8 Å². The van der Waals surface area contributed by atoms with Gasteiger partial charge >= 0.3 is 0 Å². The molecule has 4 nitrogen and oxygen atoms in total. The van der Waals surface area contributed by atoms with Gasteiger partial charge in [-0.1, -0.05) is 0 Å². The zero-order chi connectivity index (χ0) is 9.97. The Morgan fingerprint density at radius 1 is 1.43 bits per heavy atom. The van der Waals surface area contributed by atoms with E-state index >= 15 is 0 Å². The van der Waals surface area contributed by atoms with Gasteiger partial charge in [0.25, 0.3) is 0 Å². The van der Waals surface area contributed by atoms with Gasteiger partial charge in [-0.2, -0.15) is 4.37 Å². The van der Waals surface area contributed by atoms with Crippen LogP contribution in [0.2, 0.25) is 0 Å². The second-order valence-electron chi connectivity index (χ2n) is 2.69. The van der Waals surface area contributed by atoms with Crippen molar-refractivity contribution in [3.05, 3.63) is 24.2 Å². The number of anilines is 1. The molecule has 0 unspecified atom stereocenters. The summed E-state index contributed by atoms with van der Waals surface area (Å²) in [6.07, 6.45) is 3.29. The second-order valence-corrected chi connectivity index (χ2v) is 4.74. The number of nitrogens with two attached hydrogens (primary N) is 1. The quantitative estimate of drug-likeness (QED) is 0.845. The van der Waals surface area contributed by atoms with Crippen LogP contribution in [0.4, 0.5) is 5.69 Å². The lowest BCUT2D eigenvalue weighted by atomic mass is 10.3. The number of aromatic nitrogens is 3. The molecule has 2 heterocycles. The predicted octanol–water partition coefficient (Wildman–Crippen LogP) is 1.97. The van der Waals surface area contributed by atoms with Gasteiger partial charge < -0.3 is 5.73 Å². The normalized spacial score (nSPS) is 10.4. The maximum atomic E-state index is 5.76. The molecule has 2 rings (SSSR count). The number of nitrogen functional groups attached to an aromatic ring is 1. The van der Waals surface area contributed by atoms with Crippen molar-refractivity contribution in [2.75, 3.05) is 5.73 Å². The molecule has 0 bridgehead atoms. The Kier molecular flexibility index (Phi) is 2.64. The summed E-state index contributed by atoms with van der Waals surface area (Å²) in [5.41, 5.74) is 7.51. The molecule has 0 spiro atoms. The van der Waals surface area contributed by atoms with E-state index in [0.717, 1.165) is 20.6 Å². The molecule has 2 N–H and O–H groups in total. The lowest BCUT2D eigenvalue weighted by Crippen LogP contribution is -1.91. The Morgan fingerprint density at radius 3 is 2.93 bits per heavy atom. The van der Waals surface area contributed by atoms with E-state index in [9.17, 15) is 0 Å². The maximum Gasteiger partial charge on any atom is 0.175 e. The summed E-state index contributed by atoms with van der Waals surface area (Å²) < 4.78 is 4.78. The standard InChI is InChI=1S/C8H8N4S2/c1-5-3-10-7(2-6(5)9)13-8-11-4-12-14-8/h2-4H,1H3,(H2,9,10). The Hall–Kier alpha value is -1.14. The van der Waals surface area contributed by atoms with Crippen molar-refractivity contribution in [2.45, 2.75) is 16.3 Å². The predicted molar refractivity (Wildman–Crippen MR) is 57.4 cm³/mol. The minimum absolute atomic E-state index is 0.756. The SMILES string of the molecule is Cc1cnc(Sc2ncns2)cc1N. The minimum atomic E-state index is 0.756. The van der Waals surface area contributed by atoms with Crippen molar-refractivity contribution in [1.29, 1.82) is 0 Å². The molecule has 0 saturated heterocycles. The van der Waals surface area contributed by atoms with Crippen LogP contribution < -0.4 is 5.73 Å². The van der Waals surface area contributed by atoms with Crippen molar-refractivity contribution >= 4 is 29.0 Å². The van der Waals surface area contributed by atoms with Crippen LogP contribution in [0.25, 0.3) is 0 Å². The zero-order valence-electron chi connectivity index (χ0n) is 7.47. The molecule has 2 aromatic heterocycles. The lowest BCUT2D eigenvalue weighted by Gasteiger charge is -2.00. The van der Waals surface area contributed by atoms with Crippen LogP contribution in [0.15, 0.2) is 28.0 Å². The van der Waals surface area contributed by atoms with Gasteiger partial charge in [0.2, 0.25) is 0 Å². The van der Waals surface area contributed by atoms with Crippen molar-refractivity contribution in [1.82, 2.24) is 14.3 Å². The molecule has 0 saturated carbocycles. The van der Waals surface area contributed by atoms with E-state index in [2.05, 4.69) is 14.3 Å². The zero-order valence-corrected chi connectivity index (χ0v) is 9.10. The summed E-state index contributed by atoms with van der Waals surface area (Å²) in [6, 6.07) is 1.85. The number of pyridine rings is 1. The van der Waals surface area contributed by atoms with Crippen molar-refractivity contribution < 1.29 is 0 Å². The van der Waals surface area contributed by atoms with Crippen LogP contribution >= 0.6 is 23.3 Å². The highest BCUT2D eigenvalue weighted by Gasteiger charge is 2.03. The van der Waals surface area contributed by atoms with Gasteiger partial charge in [0.05, 0.1) is 0 Å². The molecule has 0 aliphatic carbocycles. The highest BCUT2D eigenvalue weighted by Crippen LogP contribution is 2.27. The Balaban J connectivity index is 2.22. The average Bonchev–Trinajstić information content (AvgIpc) is 2.64. The third-order valence-corrected chi connectivity index (χ3v) is 3.30. The number of aryl methyl sites for hydroxylation is 1. The fraction of sp³-hybridized carbons (Fsp3) is 0.125. The topological polar surface area (TPSA) is 64.7 Å². The van der Waals surface area contributed by atoms with Crippen LogP contribution in [-0.4, -0.2) is 14.3 Å². The van der Waals surface area contributed by atoms with E-state index < -0.39 is 0 Å². The molecular formula is C8H8N4S2. The van der Waals surface area contributed by atoms with Crippen LogP contribution in [0, 0.1) is 6.92 Å². The summed E-state index contributed by atoms with van der Waals surface area (Å²) in [7, 11) is 0. The highest BCUT2D eigenvalue weighted by atomic mass is 32.2. The molecule has 14 heavy (non-hydrogen) atoms. The van der Waals surface area contributed by atoms with E-state index in [1.165, 1.54) is 29.6 Å². The fourth-order valence-electron chi connectivity index (χ4n) is 0.872. The molecule has 0 atom stereocenters. The van der Waals surface area contributed by atoms with Gasteiger partial charge in [0.15, 0.2) is 4.34 Å². The van der Waals surface area contributed by atoms with E-state index in [4.69, 9.17) is 5.73 Å². The smallest absolute Gasteiger partial charge is 0.175 e. The summed E-state index contributed by atoms with van der Waals surface area (Å²) in [4.78, 5) is 8.29. The summed E-state index contributed by atoms with van der Waals surface area (Å²) in [6.45, 7) is 1.93. The third kappa shape index (κ3) is 2.02. The molecule has 6 heteroatoms. The molecular weight excluding hydrogens is 216 g/mol. The molecule has 0 fully saturated rings. The number of rotatable bonds is 2. The van der Waals surface area contributed by atoms with Gasteiger partial charge in [-0.05, 0) is 41.8 Å². The van der Waals surface area contributed by atoms with Gasteiger partial charge in [-0.25, -0.2) is 9.97 Å². The molecule has 0 aromatic carbocycles. The largest absolute Gasteiger partial charge is 0.398 e. The van der Waals surface area contributed by atoms with Gasteiger partial charge in [0.1, 0.15) is 11.4 Å².